The summed E-state index contributed by atoms with van der Waals surface area (Å²) in [5, 5.41) is 23.8. The Hall–Kier alpha value is -3.41. The van der Waals surface area contributed by atoms with E-state index in [-0.39, 0.29) is 12.0 Å². The second kappa shape index (κ2) is 5.96. The van der Waals surface area contributed by atoms with Gasteiger partial charge in [0.1, 0.15) is 6.34 Å². The van der Waals surface area contributed by atoms with Gasteiger partial charge in [0, 0.05) is 5.56 Å². The van der Waals surface area contributed by atoms with Crippen LogP contribution in [0.5, 0.6) is 0 Å². The van der Waals surface area contributed by atoms with Crippen LogP contribution in [0.1, 0.15) is 0 Å². The van der Waals surface area contributed by atoms with Crippen LogP contribution in [0.25, 0.3) is 11.4 Å². The van der Waals surface area contributed by atoms with Gasteiger partial charge in [-0.15, -0.1) is 0 Å². The summed E-state index contributed by atoms with van der Waals surface area (Å²) < 4.78 is 4.87. The highest BCUT2D eigenvalue weighted by molar-refractivity contribution is 5.87. The van der Waals surface area contributed by atoms with Crippen molar-refractivity contribution in [3.8, 4) is 17.6 Å². The fourth-order valence-electron chi connectivity index (χ4n) is 1.34. The molecular formula is C11H10N8O. The monoisotopic (exact) mass is 270 g/mol. The van der Waals surface area contributed by atoms with Crippen LogP contribution in [0.2, 0.25) is 0 Å². The van der Waals surface area contributed by atoms with Gasteiger partial charge >= 0.3 is 6.01 Å². The van der Waals surface area contributed by atoms with Crippen molar-refractivity contribution in [1.82, 2.24) is 15.5 Å². The second-order valence-corrected chi connectivity index (χ2v) is 3.52. The molecule has 0 radical (unpaired) electrons. The molecule has 0 aliphatic rings. The molecule has 0 saturated carbocycles. The summed E-state index contributed by atoms with van der Waals surface area (Å²) in [7, 11) is 0. The number of hydrogen-bond donors (Lipinski definition) is 4. The average Bonchev–Trinajstić information content (AvgIpc) is 2.87. The fraction of sp³-hybridized carbons (Fsp3) is 0. The molecule has 1 aromatic heterocycles. The van der Waals surface area contributed by atoms with Gasteiger partial charge in [0.15, 0.2) is 12.2 Å². The molecule has 2 aromatic rings. The molecule has 0 aliphatic carbocycles. The van der Waals surface area contributed by atoms with Crippen LogP contribution < -0.4 is 16.4 Å². The topological polar surface area (TPSA) is 149 Å². The summed E-state index contributed by atoms with van der Waals surface area (Å²) in [4.78, 5) is 8.02. The Kier molecular flexibility index (Phi) is 3.89. The van der Waals surface area contributed by atoms with E-state index in [1.54, 1.807) is 30.5 Å². The minimum atomic E-state index is -0.283. The Labute approximate surface area is 113 Å². The molecule has 0 bridgehead atoms. The van der Waals surface area contributed by atoms with Gasteiger partial charge in [0.25, 0.3) is 0 Å². The highest BCUT2D eigenvalue weighted by Crippen LogP contribution is 2.20. The molecule has 9 heteroatoms. The Morgan fingerprint density at radius 1 is 1.45 bits per heavy atom. The van der Waals surface area contributed by atoms with Crippen molar-refractivity contribution < 1.29 is 4.52 Å². The maximum atomic E-state index is 8.29. The quantitative estimate of drug-likeness (QED) is 0.277. The van der Waals surface area contributed by atoms with Crippen molar-refractivity contribution in [2.45, 2.75) is 0 Å². The van der Waals surface area contributed by atoms with Gasteiger partial charge in [-0.1, -0.05) is 5.16 Å². The number of anilines is 1. The molecule has 0 spiro atoms. The van der Waals surface area contributed by atoms with Gasteiger partial charge in [0.05, 0.1) is 5.69 Å². The Morgan fingerprint density at radius 3 is 2.85 bits per heavy atom. The van der Waals surface area contributed by atoms with E-state index in [1.165, 1.54) is 6.34 Å². The van der Waals surface area contributed by atoms with Crippen LogP contribution in [-0.4, -0.2) is 22.4 Å². The maximum Gasteiger partial charge on any atom is 0.328 e. The molecular weight excluding hydrogens is 260 g/mol. The zero-order valence-electron chi connectivity index (χ0n) is 10.2. The van der Waals surface area contributed by atoms with Crippen molar-refractivity contribution in [2.75, 3.05) is 5.32 Å². The lowest BCUT2D eigenvalue weighted by molar-refractivity contribution is 0.436. The van der Waals surface area contributed by atoms with Gasteiger partial charge in [0.2, 0.25) is 5.82 Å². The first-order valence-electron chi connectivity index (χ1n) is 5.41. The minimum absolute atomic E-state index is 0.0489. The maximum absolute atomic E-state index is 8.29. The third kappa shape index (κ3) is 3.30. The molecule has 0 amide bonds. The molecule has 1 heterocycles. The van der Waals surface area contributed by atoms with E-state index >= 15 is 0 Å². The Morgan fingerprint density at radius 2 is 2.20 bits per heavy atom. The highest BCUT2D eigenvalue weighted by Gasteiger charge is 2.08. The number of aliphatic imine (C=N–C) groups is 1. The van der Waals surface area contributed by atoms with E-state index in [4.69, 9.17) is 20.9 Å². The van der Waals surface area contributed by atoms with E-state index < -0.39 is 0 Å². The number of aromatic nitrogens is 2. The molecule has 0 atom stereocenters. The molecule has 0 aliphatic heterocycles. The lowest BCUT2D eigenvalue weighted by Crippen LogP contribution is -2.20. The van der Waals surface area contributed by atoms with E-state index in [0.717, 1.165) is 5.56 Å². The number of nitrogens with two attached hydrogens (primary N) is 1. The summed E-state index contributed by atoms with van der Waals surface area (Å²) >= 11 is 0. The highest BCUT2D eigenvalue weighted by atomic mass is 16.5. The predicted molar refractivity (Wildman–Crippen MR) is 72.2 cm³/mol. The van der Waals surface area contributed by atoms with E-state index in [9.17, 15) is 0 Å². The van der Waals surface area contributed by atoms with Crippen LogP contribution in [0.15, 0.2) is 33.8 Å². The van der Waals surface area contributed by atoms with Gasteiger partial charge in [-0.3, -0.25) is 16.0 Å². The number of rotatable bonds is 4. The molecule has 5 N–H and O–H groups in total. The zero-order chi connectivity index (χ0) is 14.4. The van der Waals surface area contributed by atoms with Gasteiger partial charge in [-0.05, 0) is 24.3 Å². The standard InChI is InChI=1S/C11H10N8O/c12-5-15-6-16-8-3-1-7(2-4-8)9-17-11(20-19-9)18-10(13)14/h1-4,6H,(H,15,16)(H4,13,14,17,18,19). The third-order valence-corrected chi connectivity index (χ3v) is 2.14. The van der Waals surface area contributed by atoms with Crippen molar-refractivity contribution in [3.63, 3.8) is 0 Å². The summed E-state index contributed by atoms with van der Waals surface area (Å²) in [5.41, 5.74) is 6.54. The van der Waals surface area contributed by atoms with Crippen molar-refractivity contribution in [1.29, 1.82) is 10.7 Å². The fourth-order valence-corrected chi connectivity index (χ4v) is 1.34. The Bertz CT molecular complexity index is 666. The normalized spacial score (nSPS) is 10.2. The first-order valence-corrected chi connectivity index (χ1v) is 5.41. The number of nitrogens with one attached hydrogen (secondary N) is 3. The summed E-state index contributed by atoms with van der Waals surface area (Å²) in [5.74, 6) is 0.0781. The number of nitriles is 1. The van der Waals surface area contributed by atoms with Gasteiger partial charge in [-0.25, -0.2) is 4.99 Å². The van der Waals surface area contributed by atoms with Crippen LogP contribution in [0.3, 0.4) is 0 Å². The van der Waals surface area contributed by atoms with Crippen molar-refractivity contribution in [2.24, 2.45) is 10.7 Å². The largest absolute Gasteiger partial charge is 0.370 e. The summed E-state index contributed by atoms with van der Waals surface area (Å²) in [6.45, 7) is 0. The van der Waals surface area contributed by atoms with E-state index in [0.29, 0.717) is 11.5 Å². The number of benzene rings is 1. The van der Waals surface area contributed by atoms with Crippen molar-refractivity contribution >= 4 is 24.0 Å². The Balaban J connectivity index is 2.11. The van der Waals surface area contributed by atoms with Crippen LogP contribution in [0, 0.1) is 16.9 Å². The number of nitrogens with zero attached hydrogens (tertiary/aromatic N) is 4. The van der Waals surface area contributed by atoms with Crippen LogP contribution in [0.4, 0.5) is 11.7 Å². The molecule has 20 heavy (non-hydrogen) atoms. The van der Waals surface area contributed by atoms with Gasteiger partial charge in [-0.2, -0.15) is 10.2 Å². The molecule has 0 unspecified atom stereocenters. The van der Waals surface area contributed by atoms with Crippen molar-refractivity contribution in [3.05, 3.63) is 24.3 Å². The first kappa shape index (κ1) is 13.0. The lowest BCUT2D eigenvalue weighted by Gasteiger charge is -1.96. The second-order valence-electron chi connectivity index (χ2n) is 3.52. The smallest absolute Gasteiger partial charge is 0.328 e. The van der Waals surface area contributed by atoms with E-state index in [2.05, 4.69) is 25.8 Å². The van der Waals surface area contributed by atoms with Gasteiger partial charge < -0.3 is 10.3 Å². The summed E-state index contributed by atoms with van der Waals surface area (Å²) in [6, 6.07) is 7.02. The molecule has 1 aromatic carbocycles. The first-order chi connectivity index (χ1) is 9.69. The number of guanidine groups is 1. The summed E-state index contributed by atoms with van der Waals surface area (Å²) in [6.07, 6.45) is 3.02. The lowest BCUT2D eigenvalue weighted by atomic mass is 10.2. The molecule has 0 fully saturated rings. The predicted octanol–water partition coefficient (Wildman–Crippen LogP) is 0.772. The molecule has 0 saturated heterocycles. The van der Waals surface area contributed by atoms with Crippen LogP contribution >= 0.6 is 0 Å². The molecule has 9 nitrogen and oxygen atoms in total. The van der Waals surface area contributed by atoms with Crippen LogP contribution in [-0.2, 0) is 0 Å². The molecule has 2 rings (SSSR count). The number of hydrogen-bond acceptors (Lipinski definition) is 6. The molecule has 100 valence electrons. The van der Waals surface area contributed by atoms with E-state index in [1.807, 2.05) is 0 Å². The minimum Gasteiger partial charge on any atom is -0.370 e. The SMILES string of the molecule is N#CN/C=N/c1ccc(-c2noc(NC(=N)N)n2)cc1. The zero-order valence-corrected chi connectivity index (χ0v) is 10.2. The average molecular weight is 270 g/mol. The third-order valence-electron chi connectivity index (χ3n) is 2.14.